The maximum Gasteiger partial charge on any atom is 0.389 e. The first-order valence-corrected chi connectivity index (χ1v) is 7.02. The molecule has 0 bridgehead atoms. The van der Waals surface area contributed by atoms with Crippen molar-refractivity contribution < 1.29 is 10.4 Å². The van der Waals surface area contributed by atoms with Crippen LogP contribution >= 0.6 is 11.8 Å². The maximum atomic E-state index is 5.67. The summed E-state index contributed by atoms with van der Waals surface area (Å²) in [6.07, 6.45) is 1.76. The largest absolute Gasteiger partial charge is 0.389 e. The average Bonchev–Trinajstić information content (AvgIpc) is 2.41. The van der Waals surface area contributed by atoms with Crippen molar-refractivity contribution in [1.29, 1.82) is 0 Å². The van der Waals surface area contributed by atoms with Crippen LogP contribution in [0, 0.1) is 0 Å². The van der Waals surface area contributed by atoms with Gasteiger partial charge in [-0.1, -0.05) is 12.7 Å². The molecule has 20 heavy (non-hydrogen) atoms. The average molecular weight is 291 g/mol. The van der Waals surface area contributed by atoms with E-state index in [2.05, 4.69) is 21.8 Å². The molecule has 0 aromatic heterocycles. The molecule has 0 unspecified atom stereocenters. The molecule has 1 aromatic rings. The van der Waals surface area contributed by atoms with Gasteiger partial charge >= 0.3 is 5.17 Å². The molecule has 5 nitrogen and oxygen atoms in total. The third kappa shape index (κ3) is 5.79. The van der Waals surface area contributed by atoms with Gasteiger partial charge in [-0.15, -0.1) is 0 Å². The molecule has 0 aliphatic rings. The predicted octanol–water partition coefficient (Wildman–Crippen LogP) is 0.370. The van der Waals surface area contributed by atoms with E-state index in [1.165, 1.54) is 11.8 Å². The van der Waals surface area contributed by atoms with Gasteiger partial charge in [0.1, 0.15) is 12.2 Å². The summed E-state index contributed by atoms with van der Waals surface area (Å²) >= 11 is 1.35. The van der Waals surface area contributed by atoms with Crippen LogP contribution in [0.15, 0.2) is 47.1 Å². The van der Waals surface area contributed by atoms with Gasteiger partial charge in [0, 0.05) is 26.7 Å². The highest BCUT2D eigenvalue weighted by molar-refractivity contribution is 8.26. The number of amidine groups is 1. The second-order valence-electron chi connectivity index (χ2n) is 4.30. The fourth-order valence-electron chi connectivity index (χ4n) is 1.32. The number of hydrogen-bond donors (Lipinski definition) is 2. The predicted molar refractivity (Wildman–Crippen MR) is 86.5 cm³/mol. The molecule has 0 amide bonds. The van der Waals surface area contributed by atoms with Crippen molar-refractivity contribution in [3.8, 4) is 0 Å². The number of nitrogens with one attached hydrogen (secondary N) is 1. The molecule has 0 aliphatic heterocycles. The van der Waals surface area contributed by atoms with Gasteiger partial charge in [0.15, 0.2) is 0 Å². The Balaban J connectivity index is 2.81. The van der Waals surface area contributed by atoms with Crippen LogP contribution in [-0.2, 0) is 0 Å². The van der Waals surface area contributed by atoms with Crippen molar-refractivity contribution in [3.05, 3.63) is 36.9 Å². The number of hydrogen-bond acceptors (Lipinski definition) is 3. The maximum absolute atomic E-state index is 5.67. The lowest BCUT2D eigenvalue weighted by Gasteiger charge is -2.11. The van der Waals surface area contributed by atoms with E-state index in [0.717, 1.165) is 11.4 Å². The fourth-order valence-corrected chi connectivity index (χ4v) is 1.87. The molecular weight excluding hydrogens is 270 g/mol. The zero-order chi connectivity index (χ0) is 15.0. The van der Waals surface area contributed by atoms with Crippen LogP contribution in [-0.4, -0.2) is 30.9 Å². The summed E-state index contributed by atoms with van der Waals surface area (Å²) in [5.41, 5.74) is 1.92. The molecule has 1 rings (SSSR count). The van der Waals surface area contributed by atoms with Crippen molar-refractivity contribution in [2.24, 2.45) is 10.2 Å². The molecule has 0 heterocycles. The van der Waals surface area contributed by atoms with Crippen LogP contribution in [0.1, 0.15) is 6.92 Å². The van der Waals surface area contributed by atoms with Crippen LogP contribution in [0.4, 0.5) is 11.4 Å². The van der Waals surface area contributed by atoms with E-state index in [0.29, 0.717) is 16.8 Å². The number of nitrogens with two attached hydrogens (primary N) is 1. The molecule has 1 aromatic carbocycles. The van der Waals surface area contributed by atoms with E-state index in [9.17, 15) is 0 Å². The molecule has 106 valence electrons. The van der Waals surface area contributed by atoms with Crippen LogP contribution < -0.4 is 15.3 Å². The Morgan fingerprint density at radius 3 is 2.55 bits per heavy atom. The van der Waals surface area contributed by atoms with E-state index >= 15 is 0 Å². The summed E-state index contributed by atoms with van der Waals surface area (Å²) in [7, 11) is 4.00. The standard InChI is InChI=1S/C14H19N5S/c1-5-10-16-14(20-11(2)15)18-17-12-6-8-13(9-7-12)19(3)4/h5-9,15H,1,10H2,2-4H3/p+2. The van der Waals surface area contributed by atoms with Gasteiger partial charge < -0.3 is 4.90 Å². The SMILES string of the molecule is C=CC[NH+]=C(N=Nc1ccc(N(C)C)cc1)SC(C)=[NH2+]. The monoisotopic (exact) mass is 291 g/mol. The van der Waals surface area contributed by atoms with Gasteiger partial charge in [-0.2, -0.15) is 0 Å². The van der Waals surface area contributed by atoms with E-state index in [-0.39, 0.29) is 0 Å². The molecule has 0 radical (unpaired) electrons. The zero-order valence-corrected chi connectivity index (χ0v) is 12.9. The van der Waals surface area contributed by atoms with Crippen LogP contribution in [0.2, 0.25) is 0 Å². The second-order valence-corrected chi connectivity index (χ2v) is 5.53. The number of anilines is 1. The Kier molecular flexibility index (Phi) is 6.66. The van der Waals surface area contributed by atoms with Crippen molar-refractivity contribution in [2.45, 2.75) is 6.92 Å². The molecule has 0 saturated carbocycles. The van der Waals surface area contributed by atoms with Crippen LogP contribution in [0.3, 0.4) is 0 Å². The molecule has 0 spiro atoms. The number of azo groups is 1. The van der Waals surface area contributed by atoms with Crippen LogP contribution in [0.25, 0.3) is 0 Å². The van der Waals surface area contributed by atoms with Gasteiger partial charge in [-0.3, -0.25) is 10.4 Å². The minimum absolute atomic E-state index is 0.619. The van der Waals surface area contributed by atoms with Crippen molar-refractivity contribution in [2.75, 3.05) is 25.5 Å². The molecule has 0 atom stereocenters. The van der Waals surface area contributed by atoms with E-state index in [1.807, 2.05) is 50.2 Å². The summed E-state index contributed by atoms with van der Waals surface area (Å²) in [4.78, 5) is 5.13. The summed E-state index contributed by atoms with van der Waals surface area (Å²) in [6, 6.07) is 7.85. The molecular formula is C14H21N5S+2. The quantitative estimate of drug-likeness (QED) is 0.364. The number of benzene rings is 1. The molecule has 0 saturated heterocycles. The summed E-state index contributed by atoms with van der Waals surface area (Å²) in [6.45, 7) is 6.10. The minimum Gasteiger partial charge on any atom is -0.378 e. The Labute approximate surface area is 124 Å². The normalized spacial score (nSPS) is 11.7. The summed E-state index contributed by atoms with van der Waals surface area (Å²) < 4.78 is 0. The van der Waals surface area contributed by atoms with E-state index in [4.69, 9.17) is 5.41 Å². The lowest BCUT2D eigenvalue weighted by molar-refractivity contribution is -0.442. The topological polar surface area (TPSA) is 67.5 Å². The van der Waals surface area contributed by atoms with Crippen molar-refractivity contribution >= 4 is 33.3 Å². The number of thioether (sulfide) groups is 1. The van der Waals surface area contributed by atoms with Gasteiger partial charge in [-0.25, -0.2) is 0 Å². The van der Waals surface area contributed by atoms with Gasteiger partial charge in [0.25, 0.3) is 0 Å². The third-order valence-electron chi connectivity index (χ3n) is 2.28. The first-order chi connectivity index (χ1) is 9.52. The lowest BCUT2D eigenvalue weighted by atomic mass is 10.3. The highest BCUT2D eigenvalue weighted by Gasteiger charge is 2.12. The Bertz CT molecular complexity index is 517. The highest BCUT2D eigenvalue weighted by Crippen LogP contribution is 2.18. The van der Waals surface area contributed by atoms with Gasteiger partial charge in [0.2, 0.25) is 5.04 Å². The molecule has 0 fully saturated rings. The minimum atomic E-state index is 0.619. The van der Waals surface area contributed by atoms with E-state index in [1.54, 1.807) is 6.08 Å². The molecule has 3 N–H and O–H groups in total. The van der Waals surface area contributed by atoms with E-state index < -0.39 is 0 Å². The zero-order valence-electron chi connectivity index (χ0n) is 12.1. The molecule has 0 aliphatic carbocycles. The van der Waals surface area contributed by atoms with Gasteiger partial charge in [-0.05, 0) is 29.4 Å². The van der Waals surface area contributed by atoms with Gasteiger partial charge in [0.05, 0.1) is 16.9 Å². The Morgan fingerprint density at radius 2 is 2.05 bits per heavy atom. The summed E-state index contributed by atoms with van der Waals surface area (Å²) in [5, 5.41) is 15.4. The fraction of sp³-hybridized carbons (Fsp3) is 0.286. The Morgan fingerprint density at radius 1 is 1.40 bits per heavy atom. The first kappa shape index (κ1) is 16.1. The highest BCUT2D eigenvalue weighted by atomic mass is 32.2. The van der Waals surface area contributed by atoms with Crippen LogP contribution in [0.5, 0.6) is 0 Å². The Hall–Kier alpha value is -1.95. The first-order valence-electron chi connectivity index (χ1n) is 6.20. The number of nitrogens with zero attached hydrogens (tertiary/aromatic N) is 3. The smallest absolute Gasteiger partial charge is 0.378 e. The molecule has 6 heteroatoms. The van der Waals surface area contributed by atoms with Crippen molar-refractivity contribution in [1.82, 2.24) is 0 Å². The number of rotatable bonds is 4. The second kappa shape index (κ2) is 8.27. The third-order valence-corrected chi connectivity index (χ3v) is 3.02. The summed E-state index contributed by atoms with van der Waals surface area (Å²) in [5.74, 6) is 0. The lowest BCUT2D eigenvalue weighted by Crippen LogP contribution is -2.71. The van der Waals surface area contributed by atoms with Crippen molar-refractivity contribution in [3.63, 3.8) is 0 Å².